The van der Waals surface area contributed by atoms with Crippen LogP contribution in [0.3, 0.4) is 0 Å². The summed E-state index contributed by atoms with van der Waals surface area (Å²) in [4.78, 5) is 12.1. The molecule has 2 N–H and O–H groups in total. The summed E-state index contributed by atoms with van der Waals surface area (Å²) >= 11 is 11.8. The summed E-state index contributed by atoms with van der Waals surface area (Å²) in [6.45, 7) is 1.47. The lowest BCUT2D eigenvalue weighted by molar-refractivity contribution is 0.0526. The van der Waals surface area contributed by atoms with Gasteiger partial charge in [-0.3, -0.25) is 4.79 Å². The molecule has 0 fully saturated rings. The summed E-state index contributed by atoms with van der Waals surface area (Å²) < 4.78 is 12.9. The van der Waals surface area contributed by atoms with Gasteiger partial charge in [-0.2, -0.15) is 0 Å². The van der Waals surface area contributed by atoms with Gasteiger partial charge in [-0.1, -0.05) is 35.3 Å². The largest absolute Gasteiger partial charge is 0.384 e. The Bertz CT molecular complexity index is 687. The maximum atomic E-state index is 12.9. The van der Waals surface area contributed by atoms with Crippen molar-refractivity contribution in [3.05, 3.63) is 69.5 Å². The van der Waals surface area contributed by atoms with Crippen LogP contribution in [0.5, 0.6) is 0 Å². The highest BCUT2D eigenvalue weighted by Crippen LogP contribution is 2.22. The van der Waals surface area contributed by atoms with Crippen LogP contribution in [0, 0.1) is 5.82 Å². The van der Waals surface area contributed by atoms with Gasteiger partial charge in [0.1, 0.15) is 11.4 Å². The molecule has 0 saturated heterocycles. The second-order valence-corrected chi connectivity index (χ2v) is 5.93. The predicted octanol–water partition coefficient (Wildman–Crippen LogP) is 3.77. The van der Waals surface area contributed by atoms with Crippen molar-refractivity contribution in [2.45, 2.75) is 12.5 Å². The smallest absolute Gasteiger partial charge is 0.252 e. The number of aliphatic hydroxyl groups is 1. The van der Waals surface area contributed by atoms with E-state index in [1.807, 2.05) is 0 Å². The second kappa shape index (κ2) is 6.65. The lowest BCUT2D eigenvalue weighted by atomic mass is 9.96. The first-order valence-electron chi connectivity index (χ1n) is 6.51. The zero-order valence-electron chi connectivity index (χ0n) is 11.7. The number of halogens is 3. The van der Waals surface area contributed by atoms with E-state index < -0.39 is 17.3 Å². The van der Waals surface area contributed by atoms with Gasteiger partial charge < -0.3 is 10.4 Å². The second-order valence-electron chi connectivity index (χ2n) is 5.09. The van der Waals surface area contributed by atoms with Crippen LogP contribution in [0.2, 0.25) is 10.0 Å². The van der Waals surface area contributed by atoms with Gasteiger partial charge in [0, 0.05) is 5.02 Å². The molecule has 1 unspecified atom stereocenters. The number of hydrogen-bond acceptors (Lipinski definition) is 2. The molecule has 0 heterocycles. The fourth-order valence-electron chi connectivity index (χ4n) is 1.93. The van der Waals surface area contributed by atoms with Gasteiger partial charge in [0.2, 0.25) is 0 Å². The van der Waals surface area contributed by atoms with E-state index >= 15 is 0 Å². The molecular weight excluding hydrogens is 328 g/mol. The van der Waals surface area contributed by atoms with Gasteiger partial charge in [-0.15, -0.1) is 0 Å². The van der Waals surface area contributed by atoms with E-state index in [0.29, 0.717) is 10.6 Å². The third kappa shape index (κ3) is 3.97. The molecule has 1 atom stereocenters. The summed E-state index contributed by atoms with van der Waals surface area (Å²) in [5, 5.41) is 13.7. The van der Waals surface area contributed by atoms with Crippen LogP contribution in [-0.2, 0) is 5.60 Å². The highest BCUT2D eigenvalue weighted by Gasteiger charge is 2.24. The molecule has 2 aromatic rings. The Kier molecular flexibility index (Phi) is 5.06. The maximum Gasteiger partial charge on any atom is 0.252 e. The zero-order valence-corrected chi connectivity index (χ0v) is 13.2. The molecule has 0 bridgehead atoms. The maximum absolute atomic E-state index is 12.9. The van der Waals surface area contributed by atoms with Crippen molar-refractivity contribution in [1.82, 2.24) is 5.32 Å². The fourth-order valence-corrected chi connectivity index (χ4v) is 2.31. The Hall–Kier alpha value is -1.62. The van der Waals surface area contributed by atoms with Crippen molar-refractivity contribution in [2.24, 2.45) is 0 Å². The topological polar surface area (TPSA) is 49.3 Å². The Balaban J connectivity index is 2.09. The first-order valence-corrected chi connectivity index (χ1v) is 7.27. The van der Waals surface area contributed by atoms with E-state index in [-0.39, 0.29) is 17.1 Å². The summed E-state index contributed by atoms with van der Waals surface area (Å²) in [6.07, 6.45) is 0. The van der Waals surface area contributed by atoms with Crippen molar-refractivity contribution < 1.29 is 14.3 Å². The molecule has 0 aliphatic heterocycles. The molecule has 2 rings (SSSR count). The van der Waals surface area contributed by atoms with Gasteiger partial charge in [0.05, 0.1) is 17.1 Å². The number of amides is 1. The van der Waals surface area contributed by atoms with Crippen LogP contribution in [0.15, 0.2) is 42.5 Å². The van der Waals surface area contributed by atoms with Gasteiger partial charge in [-0.05, 0) is 42.8 Å². The highest BCUT2D eigenvalue weighted by atomic mass is 35.5. The molecule has 0 aromatic heterocycles. The Labute approximate surface area is 137 Å². The van der Waals surface area contributed by atoms with E-state index in [1.165, 1.54) is 43.3 Å². The van der Waals surface area contributed by atoms with Crippen molar-refractivity contribution >= 4 is 29.1 Å². The van der Waals surface area contributed by atoms with E-state index in [1.54, 1.807) is 6.07 Å². The summed E-state index contributed by atoms with van der Waals surface area (Å²) in [5.74, 6) is -0.843. The van der Waals surface area contributed by atoms with Gasteiger partial charge in [0.15, 0.2) is 0 Å². The minimum absolute atomic E-state index is 0.0553. The van der Waals surface area contributed by atoms with Crippen LogP contribution >= 0.6 is 23.2 Å². The van der Waals surface area contributed by atoms with Gasteiger partial charge in [-0.25, -0.2) is 4.39 Å². The normalized spacial score (nSPS) is 13.5. The summed E-state index contributed by atoms with van der Waals surface area (Å²) in [5.41, 5.74) is -0.621. The number of benzene rings is 2. The molecule has 0 aliphatic carbocycles. The summed E-state index contributed by atoms with van der Waals surface area (Å²) in [6, 6.07) is 9.98. The minimum Gasteiger partial charge on any atom is -0.384 e. The molecule has 0 aliphatic rings. The average Bonchev–Trinajstić information content (AvgIpc) is 2.48. The van der Waals surface area contributed by atoms with Gasteiger partial charge >= 0.3 is 0 Å². The Morgan fingerprint density at radius 1 is 1.23 bits per heavy atom. The molecule has 22 heavy (non-hydrogen) atoms. The van der Waals surface area contributed by atoms with Crippen molar-refractivity contribution in [1.29, 1.82) is 0 Å². The Morgan fingerprint density at radius 3 is 2.50 bits per heavy atom. The third-order valence-corrected chi connectivity index (χ3v) is 3.80. The van der Waals surface area contributed by atoms with Crippen LogP contribution in [0.1, 0.15) is 22.8 Å². The molecule has 1 amide bonds. The van der Waals surface area contributed by atoms with Crippen molar-refractivity contribution in [2.75, 3.05) is 6.54 Å². The number of nitrogens with one attached hydrogen (secondary N) is 1. The predicted molar refractivity (Wildman–Crippen MR) is 84.8 cm³/mol. The fraction of sp³-hybridized carbons (Fsp3) is 0.188. The number of rotatable bonds is 4. The summed E-state index contributed by atoms with van der Waals surface area (Å²) in [7, 11) is 0. The average molecular weight is 342 g/mol. The van der Waals surface area contributed by atoms with Crippen LogP contribution in [-0.4, -0.2) is 17.6 Å². The molecule has 0 radical (unpaired) electrons. The van der Waals surface area contributed by atoms with Crippen LogP contribution < -0.4 is 5.32 Å². The SMILES string of the molecule is CC(O)(CNC(=O)c1cc(Cl)ccc1Cl)c1ccc(F)cc1. The van der Waals surface area contributed by atoms with E-state index in [2.05, 4.69) is 5.32 Å². The first kappa shape index (κ1) is 16.7. The van der Waals surface area contributed by atoms with Gasteiger partial charge in [0.25, 0.3) is 5.91 Å². The minimum atomic E-state index is -1.34. The third-order valence-electron chi connectivity index (χ3n) is 3.23. The van der Waals surface area contributed by atoms with Crippen molar-refractivity contribution in [3.8, 4) is 0 Å². The molecular formula is C16H14Cl2FNO2. The first-order chi connectivity index (χ1) is 10.3. The molecule has 6 heteroatoms. The lowest BCUT2D eigenvalue weighted by Gasteiger charge is -2.24. The van der Waals surface area contributed by atoms with Crippen LogP contribution in [0.25, 0.3) is 0 Å². The quantitative estimate of drug-likeness (QED) is 0.889. The van der Waals surface area contributed by atoms with E-state index in [4.69, 9.17) is 23.2 Å². The monoisotopic (exact) mass is 341 g/mol. The lowest BCUT2D eigenvalue weighted by Crippen LogP contribution is -2.38. The van der Waals surface area contributed by atoms with E-state index in [0.717, 1.165) is 0 Å². The molecule has 0 saturated carbocycles. The highest BCUT2D eigenvalue weighted by molar-refractivity contribution is 6.35. The Morgan fingerprint density at radius 2 is 1.86 bits per heavy atom. The zero-order chi connectivity index (χ0) is 16.3. The van der Waals surface area contributed by atoms with E-state index in [9.17, 15) is 14.3 Å². The standard InChI is InChI=1S/C16H14Cl2FNO2/c1-16(22,10-2-5-12(19)6-3-10)9-20-15(21)13-8-11(17)4-7-14(13)18/h2-8,22H,9H2,1H3,(H,20,21). The number of carbonyl (C=O) groups excluding carboxylic acids is 1. The van der Waals surface area contributed by atoms with Crippen LogP contribution in [0.4, 0.5) is 4.39 Å². The molecule has 3 nitrogen and oxygen atoms in total. The molecule has 0 spiro atoms. The number of carbonyl (C=O) groups is 1. The number of hydrogen-bond donors (Lipinski definition) is 2. The molecule has 2 aromatic carbocycles. The molecule has 116 valence electrons. The van der Waals surface area contributed by atoms with Crippen molar-refractivity contribution in [3.63, 3.8) is 0 Å².